The van der Waals surface area contributed by atoms with Crippen LogP contribution in [0.15, 0.2) is 18.2 Å². The van der Waals surface area contributed by atoms with E-state index in [1.54, 1.807) is 38.1 Å². The van der Waals surface area contributed by atoms with Crippen molar-refractivity contribution in [3.63, 3.8) is 0 Å². The number of aromatic carboxylic acids is 1. The van der Waals surface area contributed by atoms with Crippen molar-refractivity contribution >= 4 is 12.0 Å². The first-order chi connectivity index (χ1) is 7.06. The first-order valence-corrected chi connectivity index (χ1v) is 4.68. The SMILES string of the molecule is Cc1cc(C=CCO)cc(C)c1C(=O)O. The van der Waals surface area contributed by atoms with Crippen LogP contribution < -0.4 is 0 Å². The topological polar surface area (TPSA) is 57.5 Å². The lowest BCUT2D eigenvalue weighted by Gasteiger charge is -2.06. The predicted octanol–water partition coefficient (Wildman–Crippen LogP) is 2.01. The highest BCUT2D eigenvalue weighted by Crippen LogP contribution is 2.17. The quantitative estimate of drug-likeness (QED) is 0.795. The normalized spacial score (nSPS) is 10.9. The maximum Gasteiger partial charge on any atom is 0.336 e. The fraction of sp³-hybridized carbons (Fsp3) is 0.250. The molecule has 3 nitrogen and oxygen atoms in total. The molecule has 0 aliphatic heterocycles. The van der Waals surface area contributed by atoms with Crippen LogP contribution in [0.3, 0.4) is 0 Å². The molecule has 0 saturated heterocycles. The molecule has 0 aliphatic carbocycles. The standard InChI is InChI=1S/C12H14O3/c1-8-6-10(4-3-5-13)7-9(2)11(8)12(14)15/h3-4,6-7,13H,5H2,1-2H3,(H,14,15). The lowest BCUT2D eigenvalue weighted by atomic mass is 9.99. The van der Waals surface area contributed by atoms with Crippen LogP contribution in [0.2, 0.25) is 0 Å². The van der Waals surface area contributed by atoms with Crippen molar-refractivity contribution in [2.75, 3.05) is 6.61 Å². The Labute approximate surface area is 88.7 Å². The molecular weight excluding hydrogens is 192 g/mol. The molecule has 0 amide bonds. The third kappa shape index (κ3) is 2.67. The minimum Gasteiger partial charge on any atom is -0.478 e. The first-order valence-electron chi connectivity index (χ1n) is 4.68. The van der Waals surface area contributed by atoms with Crippen LogP contribution in [0, 0.1) is 13.8 Å². The zero-order valence-electron chi connectivity index (χ0n) is 8.82. The van der Waals surface area contributed by atoms with Gasteiger partial charge in [0.15, 0.2) is 0 Å². The number of carbonyl (C=O) groups is 1. The largest absolute Gasteiger partial charge is 0.478 e. The van der Waals surface area contributed by atoms with Crippen LogP contribution in [0.1, 0.15) is 27.0 Å². The Kier molecular flexibility index (Phi) is 3.63. The molecule has 1 aromatic rings. The molecule has 0 saturated carbocycles. The van der Waals surface area contributed by atoms with Crippen molar-refractivity contribution in [3.05, 3.63) is 40.5 Å². The van der Waals surface area contributed by atoms with E-state index in [1.807, 2.05) is 0 Å². The Morgan fingerprint density at radius 2 is 1.87 bits per heavy atom. The van der Waals surface area contributed by atoms with Gasteiger partial charge in [-0.25, -0.2) is 4.79 Å². The van der Waals surface area contributed by atoms with Crippen molar-refractivity contribution in [3.8, 4) is 0 Å². The second-order valence-corrected chi connectivity index (χ2v) is 3.42. The summed E-state index contributed by atoms with van der Waals surface area (Å²) in [6, 6.07) is 3.59. The van der Waals surface area contributed by atoms with Crippen molar-refractivity contribution < 1.29 is 15.0 Å². The van der Waals surface area contributed by atoms with E-state index in [9.17, 15) is 4.79 Å². The number of hydrogen-bond donors (Lipinski definition) is 2. The lowest BCUT2D eigenvalue weighted by Crippen LogP contribution is -2.03. The molecule has 0 radical (unpaired) electrons. The van der Waals surface area contributed by atoms with Crippen LogP contribution in [0.5, 0.6) is 0 Å². The fourth-order valence-corrected chi connectivity index (χ4v) is 1.62. The van der Waals surface area contributed by atoms with Gasteiger partial charge in [-0.2, -0.15) is 0 Å². The molecule has 0 unspecified atom stereocenters. The lowest BCUT2D eigenvalue weighted by molar-refractivity contribution is 0.0695. The summed E-state index contributed by atoms with van der Waals surface area (Å²) in [6.07, 6.45) is 3.39. The van der Waals surface area contributed by atoms with Crippen LogP contribution >= 0.6 is 0 Å². The Hall–Kier alpha value is -1.61. The fourth-order valence-electron chi connectivity index (χ4n) is 1.62. The number of benzene rings is 1. The van der Waals surface area contributed by atoms with Gasteiger partial charge < -0.3 is 10.2 Å². The van der Waals surface area contributed by atoms with Crippen molar-refractivity contribution in [2.45, 2.75) is 13.8 Å². The van der Waals surface area contributed by atoms with Gasteiger partial charge in [-0.1, -0.05) is 24.3 Å². The van der Waals surface area contributed by atoms with Gasteiger partial charge in [0.25, 0.3) is 0 Å². The van der Waals surface area contributed by atoms with Crippen LogP contribution in [-0.4, -0.2) is 22.8 Å². The molecule has 0 heterocycles. The molecule has 0 aliphatic rings. The molecule has 0 fully saturated rings. The first kappa shape index (κ1) is 11.5. The molecule has 15 heavy (non-hydrogen) atoms. The molecule has 2 N–H and O–H groups in total. The molecule has 80 valence electrons. The third-order valence-corrected chi connectivity index (χ3v) is 2.18. The summed E-state index contributed by atoms with van der Waals surface area (Å²) in [4.78, 5) is 10.9. The summed E-state index contributed by atoms with van der Waals surface area (Å²) in [5.74, 6) is -0.900. The van der Waals surface area contributed by atoms with E-state index in [0.717, 1.165) is 16.7 Å². The smallest absolute Gasteiger partial charge is 0.336 e. The third-order valence-electron chi connectivity index (χ3n) is 2.18. The highest BCUT2D eigenvalue weighted by Gasteiger charge is 2.10. The van der Waals surface area contributed by atoms with E-state index >= 15 is 0 Å². The van der Waals surface area contributed by atoms with Crippen LogP contribution in [0.25, 0.3) is 6.08 Å². The minimum atomic E-state index is -0.900. The average Bonchev–Trinajstić information content (AvgIpc) is 2.12. The summed E-state index contributed by atoms with van der Waals surface area (Å²) in [7, 11) is 0. The van der Waals surface area contributed by atoms with Gasteiger partial charge in [0.1, 0.15) is 0 Å². The monoisotopic (exact) mass is 206 g/mol. The van der Waals surface area contributed by atoms with E-state index in [0.29, 0.717) is 5.56 Å². The number of rotatable bonds is 3. The maximum absolute atomic E-state index is 10.9. The Balaban J connectivity index is 3.19. The van der Waals surface area contributed by atoms with Crippen molar-refractivity contribution in [1.82, 2.24) is 0 Å². The molecule has 0 atom stereocenters. The number of aliphatic hydroxyl groups is 1. The molecule has 3 heteroatoms. The van der Waals surface area contributed by atoms with E-state index < -0.39 is 5.97 Å². The van der Waals surface area contributed by atoms with Crippen molar-refractivity contribution in [1.29, 1.82) is 0 Å². The number of hydrogen-bond acceptors (Lipinski definition) is 2. The van der Waals surface area contributed by atoms with Gasteiger partial charge in [-0.05, 0) is 30.5 Å². The van der Waals surface area contributed by atoms with Crippen LogP contribution in [0.4, 0.5) is 0 Å². The second-order valence-electron chi connectivity index (χ2n) is 3.42. The number of carboxylic acids is 1. The van der Waals surface area contributed by atoms with E-state index in [-0.39, 0.29) is 6.61 Å². The number of carboxylic acid groups (broad SMARTS) is 1. The molecule has 0 spiro atoms. The van der Waals surface area contributed by atoms with Gasteiger partial charge >= 0.3 is 5.97 Å². The van der Waals surface area contributed by atoms with Crippen LogP contribution in [-0.2, 0) is 0 Å². The summed E-state index contributed by atoms with van der Waals surface area (Å²) >= 11 is 0. The van der Waals surface area contributed by atoms with Gasteiger partial charge in [-0.15, -0.1) is 0 Å². The summed E-state index contributed by atoms with van der Waals surface area (Å²) in [5, 5.41) is 17.6. The molecule has 1 aromatic carbocycles. The number of aliphatic hydroxyl groups excluding tert-OH is 1. The molecule has 1 rings (SSSR count). The molecule has 0 aromatic heterocycles. The van der Waals surface area contributed by atoms with Gasteiger partial charge in [0.05, 0.1) is 12.2 Å². The van der Waals surface area contributed by atoms with Gasteiger partial charge in [0, 0.05) is 0 Å². The van der Waals surface area contributed by atoms with Crippen molar-refractivity contribution in [2.24, 2.45) is 0 Å². The summed E-state index contributed by atoms with van der Waals surface area (Å²) in [6.45, 7) is 3.53. The highest BCUT2D eigenvalue weighted by atomic mass is 16.4. The van der Waals surface area contributed by atoms with E-state index in [2.05, 4.69) is 0 Å². The Bertz CT molecular complexity index is 382. The van der Waals surface area contributed by atoms with Gasteiger partial charge in [-0.3, -0.25) is 0 Å². The zero-order valence-corrected chi connectivity index (χ0v) is 8.82. The summed E-state index contributed by atoms with van der Waals surface area (Å²) < 4.78 is 0. The summed E-state index contributed by atoms with van der Waals surface area (Å²) in [5.41, 5.74) is 2.74. The Morgan fingerprint density at radius 3 is 2.27 bits per heavy atom. The van der Waals surface area contributed by atoms with E-state index in [1.165, 1.54) is 0 Å². The van der Waals surface area contributed by atoms with Gasteiger partial charge in [0.2, 0.25) is 0 Å². The maximum atomic E-state index is 10.9. The number of aryl methyl sites for hydroxylation is 2. The molecule has 0 bridgehead atoms. The zero-order chi connectivity index (χ0) is 11.4. The predicted molar refractivity (Wildman–Crippen MR) is 59.0 cm³/mol. The average molecular weight is 206 g/mol. The minimum absolute atomic E-state index is 0.0151. The second kappa shape index (κ2) is 4.75. The highest BCUT2D eigenvalue weighted by molar-refractivity contribution is 5.91. The Morgan fingerprint density at radius 1 is 1.33 bits per heavy atom. The van der Waals surface area contributed by atoms with E-state index in [4.69, 9.17) is 10.2 Å². The molecular formula is C12H14O3.